The molecule has 0 aliphatic carbocycles. The highest BCUT2D eigenvalue weighted by molar-refractivity contribution is 7.91. The van der Waals surface area contributed by atoms with Gasteiger partial charge in [-0.2, -0.15) is 21.6 Å². The number of aromatic nitrogens is 2. The van der Waals surface area contributed by atoms with Gasteiger partial charge in [-0.15, -0.1) is 0 Å². The molecule has 0 radical (unpaired) electrons. The van der Waals surface area contributed by atoms with Crippen molar-refractivity contribution in [2.75, 3.05) is 10.9 Å². The number of rotatable bonds is 10. The molecule has 0 bridgehead atoms. The molecule has 4 aromatic rings. The fourth-order valence-electron chi connectivity index (χ4n) is 4.37. The van der Waals surface area contributed by atoms with Gasteiger partial charge in [0, 0.05) is 29.7 Å². The molecular weight excluding hydrogens is 640 g/mol. The summed E-state index contributed by atoms with van der Waals surface area (Å²) >= 11 is 12.5. The first-order valence-electron chi connectivity index (χ1n) is 13.2. The summed E-state index contributed by atoms with van der Waals surface area (Å²) in [5.74, 6) is 0.597. The monoisotopic (exact) mass is 664 g/mol. The van der Waals surface area contributed by atoms with E-state index in [0.29, 0.717) is 45.1 Å². The van der Waals surface area contributed by atoms with Gasteiger partial charge >= 0.3 is 16.4 Å². The lowest BCUT2D eigenvalue weighted by Gasteiger charge is -2.14. The second kappa shape index (κ2) is 12.8. The van der Waals surface area contributed by atoms with E-state index in [1.165, 1.54) is 0 Å². The minimum Gasteiger partial charge on any atom is -0.494 e. The van der Waals surface area contributed by atoms with E-state index in [9.17, 15) is 26.7 Å². The largest absolute Gasteiger partial charge is 0.494 e. The van der Waals surface area contributed by atoms with Crippen molar-refractivity contribution in [2.24, 2.45) is 0 Å². The minimum absolute atomic E-state index is 0.0347. The summed E-state index contributed by atoms with van der Waals surface area (Å²) in [7, 11) is -3.90. The van der Waals surface area contributed by atoms with Crippen LogP contribution in [0.5, 0.6) is 5.75 Å². The third-order valence-electron chi connectivity index (χ3n) is 6.47. The van der Waals surface area contributed by atoms with E-state index in [1.54, 1.807) is 66.7 Å². The van der Waals surface area contributed by atoms with Crippen molar-refractivity contribution >= 4 is 51.3 Å². The number of hydrogen-bond acceptors (Lipinski definition) is 5. The van der Waals surface area contributed by atoms with Gasteiger partial charge in [0.2, 0.25) is 5.88 Å². The minimum atomic E-state index is -4.21. The summed E-state index contributed by atoms with van der Waals surface area (Å²) in [6.45, 7) is 0.349. The Hall–Kier alpha value is -4.13. The first-order chi connectivity index (χ1) is 20.9. The van der Waals surface area contributed by atoms with Crippen LogP contribution in [0.3, 0.4) is 0 Å². The van der Waals surface area contributed by atoms with Gasteiger partial charge in [0.05, 0.1) is 29.2 Å². The maximum Gasteiger partial charge on any atom is 0.389 e. The number of nitrogens with one attached hydrogen (secondary N) is 1. The van der Waals surface area contributed by atoms with E-state index in [1.807, 2.05) is 27.6 Å². The zero-order chi connectivity index (χ0) is 31.5. The smallest absolute Gasteiger partial charge is 0.389 e. The van der Waals surface area contributed by atoms with Crippen LogP contribution in [-0.2, 0) is 16.8 Å². The van der Waals surface area contributed by atoms with E-state index in [4.69, 9.17) is 32.9 Å². The quantitative estimate of drug-likeness (QED) is 0.169. The lowest BCUT2D eigenvalue weighted by molar-refractivity contribution is -0.136. The number of alkyl halides is 3. The van der Waals surface area contributed by atoms with E-state index in [2.05, 4.69) is 0 Å². The molecule has 0 unspecified atom stereocenters. The van der Waals surface area contributed by atoms with Gasteiger partial charge in [0.15, 0.2) is 0 Å². The topological polar surface area (TPSA) is 96.7 Å². The molecule has 1 aliphatic rings. The van der Waals surface area contributed by atoms with Crippen molar-refractivity contribution in [2.45, 2.75) is 25.6 Å². The number of anilines is 1. The highest BCUT2D eigenvalue weighted by Crippen LogP contribution is 2.31. The van der Waals surface area contributed by atoms with Gasteiger partial charge in [-0.05, 0) is 66.1 Å². The number of ether oxygens (including phenoxy) is 1. The molecule has 230 valence electrons. The molecular formula is C30H25Cl2F3N4O4S. The maximum atomic E-state index is 12.3. The van der Waals surface area contributed by atoms with E-state index < -0.39 is 28.7 Å². The summed E-state index contributed by atoms with van der Waals surface area (Å²) in [6, 6.07) is 18.9. The van der Waals surface area contributed by atoms with Gasteiger partial charge < -0.3 is 14.4 Å². The van der Waals surface area contributed by atoms with Crippen LogP contribution in [0.2, 0.25) is 10.0 Å². The number of imidazole rings is 1. The number of aliphatic hydroxyl groups excluding tert-OH is 1. The van der Waals surface area contributed by atoms with Crippen LogP contribution < -0.4 is 13.8 Å². The average Bonchev–Trinajstić information content (AvgIpc) is 3.48. The van der Waals surface area contributed by atoms with Gasteiger partial charge in [-0.3, -0.25) is 0 Å². The van der Waals surface area contributed by atoms with Crippen LogP contribution in [-0.4, -0.2) is 35.9 Å². The number of benzene rings is 3. The number of nitrogens with zero attached hydrogens (tertiary/aromatic N) is 3. The number of aliphatic hydroxyl groups is 1. The molecule has 0 fully saturated rings. The molecule has 2 N–H and O–H groups in total. The van der Waals surface area contributed by atoms with Crippen molar-refractivity contribution in [3.63, 3.8) is 0 Å². The first kappa shape index (κ1) is 31.3. The molecule has 1 aromatic heterocycles. The van der Waals surface area contributed by atoms with Crippen LogP contribution >= 0.6 is 23.2 Å². The summed E-state index contributed by atoms with van der Waals surface area (Å²) in [5, 5.41) is 10.5. The highest BCUT2D eigenvalue weighted by Gasteiger charge is 2.28. The number of halogens is 5. The highest BCUT2D eigenvalue weighted by atomic mass is 35.5. The van der Waals surface area contributed by atoms with Crippen LogP contribution in [0, 0.1) is 0 Å². The van der Waals surface area contributed by atoms with Crippen molar-refractivity contribution < 1.29 is 31.4 Å². The molecule has 1 aliphatic heterocycles. The second-order valence-electron chi connectivity index (χ2n) is 9.79. The van der Waals surface area contributed by atoms with Crippen LogP contribution in [0.1, 0.15) is 29.8 Å². The van der Waals surface area contributed by atoms with Crippen molar-refractivity contribution in [1.29, 1.82) is 0 Å². The molecule has 14 heteroatoms. The molecule has 44 heavy (non-hydrogen) atoms. The lowest BCUT2D eigenvalue weighted by Crippen LogP contribution is -2.29. The van der Waals surface area contributed by atoms with Gasteiger partial charge in [0.25, 0.3) is 0 Å². The Labute approximate surface area is 261 Å². The molecule has 0 spiro atoms. The summed E-state index contributed by atoms with van der Waals surface area (Å²) in [6.07, 6.45) is 1.36. The SMILES string of the molecule is O=S1(=O)NC(O)=CN1c1ccc(Cn2cc(-c3ccc(Cl)cc3Cl)nc2C=Cc2ccc(OCCCC(F)(F)F)cc2)cc1. The second-order valence-corrected chi connectivity index (χ2v) is 12.2. The molecule has 3 aromatic carbocycles. The summed E-state index contributed by atoms with van der Waals surface area (Å²) in [5.41, 5.74) is 3.30. The summed E-state index contributed by atoms with van der Waals surface area (Å²) < 4.78 is 71.7. The normalized spacial score (nSPS) is 14.6. The van der Waals surface area contributed by atoms with Crippen molar-refractivity contribution in [3.05, 3.63) is 112 Å². The average molecular weight is 666 g/mol. The van der Waals surface area contributed by atoms with Gasteiger partial charge in [-0.1, -0.05) is 53.5 Å². The fraction of sp³-hybridized carbons (Fsp3) is 0.167. The molecule has 0 amide bonds. The molecule has 0 saturated heterocycles. The fourth-order valence-corrected chi connectivity index (χ4v) is 5.93. The third-order valence-corrected chi connectivity index (χ3v) is 8.32. The molecule has 5 rings (SSSR count). The lowest BCUT2D eigenvalue weighted by atomic mass is 10.1. The van der Waals surface area contributed by atoms with Gasteiger partial charge in [-0.25, -0.2) is 14.0 Å². The standard InChI is InChI=1S/C30H25Cl2F3N4O4S/c31-22-7-12-25(26(32)16-22)27-18-38(17-21-2-8-23(9-3-21)39-19-29(40)37-44(39,41)42)28(36-27)13-6-20-4-10-24(11-5-20)43-15-1-14-30(33,34)35/h2-13,16,18-19,37,40H,1,14-15,17H2. The van der Waals surface area contributed by atoms with Crippen LogP contribution in [0.4, 0.5) is 18.9 Å². The van der Waals surface area contributed by atoms with Gasteiger partial charge in [0.1, 0.15) is 11.6 Å². The number of hydrogen-bond donors (Lipinski definition) is 2. The van der Waals surface area contributed by atoms with Crippen LogP contribution in [0.15, 0.2) is 85.0 Å². The maximum absolute atomic E-state index is 12.3. The Balaban J connectivity index is 1.36. The first-order valence-corrected chi connectivity index (χ1v) is 15.4. The third kappa shape index (κ3) is 7.87. The predicted molar refractivity (Wildman–Crippen MR) is 165 cm³/mol. The molecule has 8 nitrogen and oxygen atoms in total. The molecule has 2 heterocycles. The van der Waals surface area contributed by atoms with E-state index >= 15 is 0 Å². The zero-order valence-electron chi connectivity index (χ0n) is 22.8. The summed E-state index contributed by atoms with van der Waals surface area (Å²) in [4.78, 5) is 4.78. The predicted octanol–water partition coefficient (Wildman–Crippen LogP) is 7.81. The van der Waals surface area contributed by atoms with Crippen LogP contribution in [0.25, 0.3) is 23.4 Å². The zero-order valence-corrected chi connectivity index (χ0v) is 25.1. The van der Waals surface area contributed by atoms with E-state index in [-0.39, 0.29) is 13.0 Å². The Morgan fingerprint density at radius 1 is 1.00 bits per heavy atom. The van der Waals surface area contributed by atoms with Crippen molar-refractivity contribution in [3.8, 4) is 17.0 Å². The Morgan fingerprint density at radius 3 is 2.36 bits per heavy atom. The Morgan fingerprint density at radius 2 is 1.73 bits per heavy atom. The van der Waals surface area contributed by atoms with E-state index in [0.717, 1.165) is 21.6 Å². The Bertz CT molecular complexity index is 1810. The molecule has 0 atom stereocenters. The Kier molecular flexibility index (Phi) is 9.14. The van der Waals surface area contributed by atoms with Crippen molar-refractivity contribution in [1.82, 2.24) is 14.3 Å². The molecule has 0 saturated carbocycles.